The number of nitrogens with zero attached hydrogens (tertiary/aromatic N) is 4. The van der Waals surface area contributed by atoms with Crippen molar-refractivity contribution in [3.8, 4) is 0 Å². The van der Waals surface area contributed by atoms with Crippen molar-refractivity contribution in [3.05, 3.63) is 24.0 Å². The van der Waals surface area contributed by atoms with E-state index in [2.05, 4.69) is 0 Å². The van der Waals surface area contributed by atoms with E-state index < -0.39 is 30.2 Å². The van der Waals surface area contributed by atoms with Gasteiger partial charge in [0.15, 0.2) is 11.6 Å². The second kappa shape index (κ2) is 8.83. The van der Waals surface area contributed by atoms with Crippen LogP contribution in [0.15, 0.2) is 18.2 Å². The summed E-state index contributed by atoms with van der Waals surface area (Å²) in [4.78, 5) is 38.0. The number of alkyl halides is 2. The van der Waals surface area contributed by atoms with Crippen LogP contribution in [0, 0.1) is 5.82 Å². The molecule has 1 amide bonds. The highest BCUT2D eigenvalue weighted by molar-refractivity contribution is 5.90. The summed E-state index contributed by atoms with van der Waals surface area (Å²) in [5, 5.41) is 3.96. The minimum atomic E-state index is -3.04. The number of anilines is 2. The maximum absolute atomic E-state index is 14.9. The summed E-state index contributed by atoms with van der Waals surface area (Å²) in [6.07, 6.45) is -4.83. The van der Waals surface area contributed by atoms with Gasteiger partial charge in [-0.15, -0.1) is 0 Å². The minimum absolute atomic E-state index is 0.00470. The molecular weight excluding hydrogens is 417 g/mol. The van der Waals surface area contributed by atoms with Gasteiger partial charge in [-0.2, -0.15) is 0 Å². The predicted molar refractivity (Wildman–Crippen MR) is 105 cm³/mol. The van der Waals surface area contributed by atoms with Gasteiger partial charge < -0.3 is 9.64 Å². The van der Waals surface area contributed by atoms with Gasteiger partial charge in [-0.25, -0.2) is 28.0 Å². The number of Topliss-reactive ketones (excluding diaryl/α,β-unsaturated/α-hetero) is 2. The maximum atomic E-state index is 14.9. The van der Waals surface area contributed by atoms with E-state index in [1.165, 1.54) is 11.0 Å². The Morgan fingerprint density at radius 1 is 1.10 bits per heavy atom. The molecule has 3 aliphatic rings. The number of benzene rings is 1. The van der Waals surface area contributed by atoms with Gasteiger partial charge in [-0.1, -0.05) is 0 Å². The topological polar surface area (TPSA) is 73.4 Å². The molecule has 8 nitrogen and oxygen atoms in total. The summed E-state index contributed by atoms with van der Waals surface area (Å²) in [7, 11) is 0. The number of carbonyl (C=O) groups excluding carboxylic acids is 3. The number of ether oxygens (including phenoxy) is 1. The molecule has 3 heterocycles. The van der Waals surface area contributed by atoms with Gasteiger partial charge in [0.2, 0.25) is 0 Å². The van der Waals surface area contributed by atoms with Gasteiger partial charge in [-0.3, -0.25) is 14.5 Å². The third-order valence-corrected chi connectivity index (χ3v) is 5.79. The zero-order valence-corrected chi connectivity index (χ0v) is 16.8. The van der Waals surface area contributed by atoms with E-state index in [-0.39, 0.29) is 25.2 Å². The minimum Gasteiger partial charge on any atom is -0.444 e. The third kappa shape index (κ3) is 4.67. The number of amides is 1. The van der Waals surface area contributed by atoms with Crippen LogP contribution in [0.2, 0.25) is 0 Å². The van der Waals surface area contributed by atoms with Gasteiger partial charge in [-0.05, 0) is 24.6 Å². The number of hydrogen-bond donors (Lipinski definition) is 0. The molecule has 0 N–H and O–H groups in total. The molecule has 31 heavy (non-hydrogen) atoms. The Morgan fingerprint density at radius 3 is 2.39 bits per heavy atom. The Balaban J connectivity index is 1.39. The summed E-state index contributed by atoms with van der Waals surface area (Å²) in [6.45, 7) is 3.19. The quantitative estimate of drug-likeness (QED) is 0.667. The first-order valence-electron chi connectivity index (χ1n) is 10.2. The van der Waals surface area contributed by atoms with Crippen molar-refractivity contribution in [3.63, 3.8) is 0 Å². The predicted octanol–water partition coefficient (Wildman–Crippen LogP) is 1.69. The van der Waals surface area contributed by atoms with Crippen molar-refractivity contribution >= 4 is 29.0 Å². The smallest absolute Gasteiger partial charge is 0.414 e. The molecule has 3 saturated heterocycles. The molecule has 11 heteroatoms. The van der Waals surface area contributed by atoms with Crippen LogP contribution in [-0.2, 0) is 14.3 Å². The van der Waals surface area contributed by atoms with Crippen LogP contribution in [0.5, 0.6) is 0 Å². The molecule has 0 aromatic heterocycles. The average Bonchev–Trinajstić information content (AvgIpc) is 3.22. The van der Waals surface area contributed by atoms with Crippen LogP contribution in [0.3, 0.4) is 0 Å². The zero-order chi connectivity index (χ0) is 22.1. The highest BCUT2D eigenvalue weighted by Gasteiger charge is 2.34. The van der Waals surface area contributed by atoms with Crippen LogP contribution in [0.25, 0.3) is 0 Å². The summed E-state index contributed by atoms with van der Waals surface area (Å²) in [5.74, 6) is -1.50. The fourth-order valence-corrected chi connectivity index (χ4v) is 4.14. The van der Waals surface area contributed by atoms with Gasteiger partial charge in [0.1, 0.15) is 11.9 Å². The molecule has 0 aliphatic carbocycles. The number of hydrogen-bond acceptors (Lipinski definition) is 7. The Bertz CT molecular complexity index is 866. The number of cyclic esters (lactones) is 1. The van der Waals surface area contributed by atoms with Crippen LogP contribution >= 0.6 is 0 Å². The van der Waals surface area contributed by atoms with Crippen molar-refractivity contribution < 1.29 is 32.3 Å². The molecule has 4 rings (SSSR count). The van der Waals surface area contributed by atoms with Crippen LogP contribution in [0.4, 0.5) is 29.3 Å². The fourth-order valence-electron chi connectivity index (χ4n) is 4.14. The number of halogens is 3. The highest BCUT2D eigenvalue weighted by Crippen LogP contribution is 2.29. The van der Waals surface area contributed by atoms with Crippen molar-refractivity contribution in [2.45, 2.75) is 25.4 Å². The molecule has 0 radical (unpaired) electrons. The molecule has 3 aliphatic heterocycles. The van der Waals surface area contributed by atoms with E-state index in [1.54, 1.807) is 12.1 Å². The molecular formula is C20H23F3N4O4. The van der Waals surface area contributed by atoms with Gasteiger partial charge in [0.25, 0.3) is 6.43 Å². The van der Waals surface area contributed by atoms with E-state index in [9.17, 15) is 27.6 Å². The van der Waals surface area contributed by atoms with Gasteiger partial charge in [0.05, 0.1) is 31.0 Å². The maximum Gasteiger partial charge on any atom is 0.414 e. The highest BCUT2D eigenvalue weighted by atomic mass is 19.3. The first-order valence-corrected chi connectivity index (χ1v) is 10.2. The summed E-state index contributed by atoms with van der Waals surface area (Å²) >= 11 is 0. The van der Waals surface area contributed by atoms with Crippen LogP contribution in [0.1, 0.15) is 12.8 Å². The van der Waals surface area contributed by atoms with Crippen LogP contribution < -0.4 is 9.80 Å². The molecule has 1 aromatic rings. The number of ketones is 2. The lowest BCUT2D eigenvalue weighted by Gasteiger charge is -2.24. The Kier molecular flexibility index (Phi) is 6.15. The van der Waals surface area contributed by atoms with E-state index in [1.807, 2.05) is 14.9 Å². The van der Waals surface area contributed by atoms with E-state index >= 15 is 0 Å². The molecule has 168 valence electrons. The molecule has 3 fully saturated rings. The Labute approximate surface area is 177 Å². The summed E-state index contributed by atoms with van der Waals surface area (Å²) in [5.41, 5.74) is 0.711. The van der Waals surface area contributed by atoms with E-state index in [0.29, 0.717) is 50.6 Å². The first-order chi connectivity index (χ1) is 14.8. The number of carbonyl (C=O) groups is 3. The molecule has 1 atom stereocenters. The Morgan fingerprint density at radius 2 is 1.77 bits per heavy atom. The first kappa shape index (κ1) is 21.6. The molecule has 0 saturated carbocycles. The van der Waals surface area contributed by atoms with E-state index in [0.717, 1.165) is 0 Å². The lowest BCUT2D eigenvalue weighted by molar-refractivity contribution is -0.130. The zero-order valence-electron chi connectivity index (χ0n) is 16.8. The molecule has 0 unspecified atom stereocenters. The van der Waals surface area contributed by atoms with Crippen LogP contribution in [-0.4, -0.2) is 86.0 Å². The number of hydrazine groups is 1. The van der Waals surface area contributed by atoms with E-state index in [4.69, 9.17) is 4.74 Å². The monoisotopic (exact) mass is 440 g/mol. The van der Waals surface area contributed by atoms with Crippen molar-refractivity contribution in [2.75, 3.05) is 55.6 Å². The van der Waals surface area contributed by atoms with Gasteiger partial charge >= 0.3 is 6.09 Å². The molecule has 0 spiro atoms. The second-order valence-corrected chi connectivity index (χ2v) is 7.86. The largest absolute Gasteiger partial charge is 0.444 e. The van der Waals surface area contributed by atoms with Crippen molar-refractivity contribution in [2.24, 2.45) is 0 Å². The lowest BCUT2D eigenvalue weighted by atomic mass is 10.1. The fraction of sp³-hybridized carbons (Fsp3) is 0.550. The summed E-state index contributed by atoms with van der Waals surface area (Å²) < 4.78 is 44.7. The Hall–Kier alpha value is -2.66. The average molecular weight is 440 g/mol. The number of fused-ring (bicyclic) bond motifs is 1. The lowest BCUT2D eigenvalue weighted by Crippen LogP contribution is -2.37. The van der Waals surface area contributed by atoms with Crippen molar-refractivity contribution in [1.82, 2.24) is 10.0 Å². The van der Waals surface area contributed by atoms with Crippen molar-refractivity contribution in [1.29, 1.82) is 0 Å². The van der Waals surface area contributed by atoms with Gasteiger partial charge in [0, 0.05) is 32.6 Å². The standard InChI is InChI=1S/C20H23F3N4O4/c21-16-9-13(27-12-15(31-20(27)30)2-4-18(29)19(22)23)1-3-17(16)24-5-7-25-10-14(28)11-26(25)8-6-24/h1,3,9,15,19H,2,4-8,10-12H2/t15-/m0/s1. The molecule has 0 bridgehead atoms. The summed E-state index contributed by atoms with van der Waals surface area (Å²) in [6, 6.07) is 4.46. The number of rotatable bonds is 6. The third-order valence-electron chi connectivity index (χ3n) is 5.79. The normalized spacial score (nSPS) is 22.8. The second-order valence-electron chi connectivity index (χ2n) is 7.86. The molecule has 1 aromatic carbocycles. The SMILES string of the molecule is O=C1CN2CCN(c3ccc(N4C[C@H](CCC(=O)C(F)F)OC4=O)cc3F)CCN2C1.